The Morgan fingerprint density at radius 1 is 1.56 bits per heavy atom. The molecule has 1 unspecified atom stereocenters. The number of alkyl halides is 1. The van der Waals surface area contributed by atoms with Gasteiger partial charge in [0.05, 0.1) is 8.66 Å². The van der Waals surface area contributed by atoms with Crippen LogP contribution in [0.4, 0.5) is 0 Å². The molecule has 2 nitrogen and oxygen atoms in total. The van der Waals surface area contributed by atoms with Gasteiger partial charge in [-0.15, -0.1) is 22.9 Å². The minimum absolute atomic E-state index is 0.00816. The summed E-state index contributed by atoms with van der Waals surface area (Å²) in [6, 6.07) is 1.81. The number of halogens is 3. The van der Waals surface area contributed by atoms with Crippen molar-refractivity contribution >= 4 is 60.7 Å². The summed E-state index contributed by atoms with van der Waals surface area (Å²) in [5, 5.41) is 2.92. The molecule has 0 radical (unpaired) electrons. The quantitative estimate of drug-likeness (QED) is 0.766. The number of rotatable bonds is 4. The van der Waals surface area contributed by atoms with Gasteiger partial charge in [0.15, 0.2) is 0 Å². The zero-order valence-electron chi connectivity index (χ0n) is 8.89. The second-order valence-corrected chi connectivity index (χ2v) is 7.24. The minimum Gasteiger partial charge on any atom is -0.347 e. The number of hydrogen-bond acceptors (Lipinski definition) is 2. The molecule has 0 aliphatic heterocycles. The fraction of sp³-hybridized carbons (Fsp3) is 0.500. The average molecular weight is 390 g/mol. The molecule has 0 bridgehead atoms. The summed E-state index contributed by atoms with van der Waals surface area (Å²) in [5.41, 5.74) is 0. The highest BCUT2D eigenvalue weighted by molar-refractivity contribution is 9.13. The maximum absolute atomic E-state index is 11.9. The van der Waals surface area contributed by atoms with Gasteiger partial charge in [0, 0.05) is 16.4 Å². The van der Waals surface area contributed by atoms with Crippen LogP contribution in [0.15, 0.2) is 14.3 Å². The van der Waals surface area contributed by atoms with Crippen molar-refractivity contribution in [3.8, 4) is 0 Å². The average Bonchev–Trinajstić information content (AvgIpc) is 2.55. The molecule has 1 heterocycles. The molecule has 6 heteroatoms. The van der Waals surface area contributed by atoms with Crippen LogP contribution in [0.5, 0.6) is 0 Å². The van der Waals surface area contributed by atoms with Crippen molar-refractivity contribution < 1.29 is 4.79 Å². The third-order valence-corrected chi connectivity index (χ3v) is 5.74. The Hall–Kier alpha value is 0.420. The van der Waals surface area contributed by atoms with Crippen molar-refractivity contribution in [1.82, 2.24) is 5.32 Å². The molecule has 1 atom stereocenters. The minimum atomic E-state index is -0.0734. The molecule has 1 amide bonds. The zero-order valence-corrected chi connectivity index (χ0v) is 13.6. The number of carbonyl (C=O) groups is 1. The topological polar surface area (TPSA) is 29.1 Å². The lowest BCUT2D eigenvalue weighted by molar-refractivity contribution is 0.0935. The van der Waals surface area contributed by atoms with E-state index in [-0.39, 0.29) is 11.9 Å². The maximum Gasteiger partial charge on any atom is 0.261 e. The van der Waals surface area contributed by atoms with Crippen LogP contribution < -0.4 is 5.32 Å². The first-order valence-corrected chi connectivity index (χ1v) is 7.71. The SMILES string of the molecule is CC(C)C(CCl)NC(=O)c1cc(Br)c(Br)s1. The fourth-order valence-electron chi connectivity index (χ4n) is 1.08. The molecule has 1 rings (SSSR count). The van der Waals surface area contributed by atoms with Gasteiger partial charge >= 0.3 is 0 Å². The Morgan fingerprint density at radius 3 is 2.56 bits per heavy atom. The van der Waals surface area contributed by atoms with E-state index in [0.29, 0.717) is 16.7 Å². The summed E-state index contributed by atoms with van der Waals surface area (Å²) in [6.45, 7) is 4.07. The largest absolute Gasteiger partial charge is 0.347 e. The fourth-order valence-corrected chi connectivity index (χ4v) is 3.45. The smallest absolute Gasteiger partial charge is 0.261 e. The van der Waals surface area contributed by atoms with Crippen molar-refractivity contribution in [3.63, 3.8) is 0 Å². The van der Waals surface area contributed by atoms with E-state index in [4.69, 9.17) is 11.6 Å². The highest BCUT2D eigenvalue weighted by atomic mass is 79.9. The Morgan fingerprint density at radius 2 is 2.19 bits per heavy atom. The lowest BCUT2D eigenvalue weighted by atomic mass is 10.1. The molecule has 1 aromatic heterocycles. The summed E-state index contributed by atoms with van der Waals surface area (Å²) in [6.07, 6.45) is 0. The normalized spacial score (nSPS) is 12.9. The molecule has 0 spiro atoms. The predicted octanol–water partition coefficient (Wildman–Crippen LogP) is 4.27. The van der Waals surface area contributed by atoms with Crippen molar-refractivity contribution in [2.45, 2.75) is 19.9 Å². The molecule has 0 aromatic carbocycles. The Bertz CT molecular complexity index is 361. The highest BCUT2D eigenvalue weighted by Gasteiger charge is 2.18. The molecule has 0 saturated carbocycles. The van der Waals surface area contributed by atoms with Gasteiger partial charge < -0.3 is 5.32 Å². The number of amides is 1. The highest BCUT2D eigenvalue weighted by Crippen LogP contribution is 2.32. The standard InChI is InChI=1S/C10H12Br2ClNOS/c1-5(2)7(4-13)14-10(15)8-3-6(11)9(12)16-8/h3,5,7H,4H2,1-2H3,(H,14,15). The molecule has 16 heavy (non-hydrogen) atoms. The zero-order chi connectivity index (χ0) is 12.3. The van der Waals surface area contributed by atoms with Crippen LogP contribution in [0.25, 0.3) is 0 Å². The second-order valence-electron chi connectivity index (χ2n) is 3.71. The molecule has 0 saturated heterocycles. The van der Waals surface area contributed by atoms with E-state index in [0.717, 1.165) is 8.26 Å². The molecular weight excluding hydrogens is 377 g/mol. The van der Waals surface area contributed by atoms with E-state index in [2.05, 4.69) is 37.2 Å². The molecule has 0 aliphatic rings. The first kappa shape index (κ1) is 14.5. The molecule has 1 N–H and O–H groups in total. The van der Waals surface area contributed by atoms with Gasteiger partial charge in [-0.05, 0) is 43.8 Å². The number of hydrogen-bond donors (Lipinski definition) is 1. The number of nitrogens with one attached hydrogen (secondary N) is 1. The van der Waals surface area contributed by atoms with Crippen LogP contribution in [0.3, 0.4) is 0 Å². The van der Waals surface area contributed by atoms with Crippen molar-refractivity contribution in [2.24, 2.45) is 5.92 Å². The Labute approximate surface area is 121 Å². The van der Waals surface area contributed by atoms with Crippen molar-refractivity contribution in [3.05, 3.63) is 19.2 Å². The van der Waals surface area contributed by atoms with Crippen molar-refractivity contribution in [1.29, 1.82) is 0 Å². The van der Waals surface area contributed by atoms with Crippen LogP contribution >= 0.6 is 54.8 Å². The van der Waals surface area contributed by atoms with Gasteiger partial charge in [-0.25, -0.2) is 0 Å². The van der Waals surface area contributed by atoms with Crippen LogP contribution in [-0.2, 0) is 0 Å². The molecule has 0 aliphatic carbocycles. The Kier molecular flexibility index (Phi) is 5.77. The van der Waals surface area contributed by atoms with Gasteiger partial charge in [-0.2, -0.15) is 0 Å². The summed E-state index contributed by atoms with van der Waals surface area (Å²) < 4.78 is 1.82. The van der Waals surface area contributed by atoms with Gasteiger partial charge in [-0.3, -0.25) is 4.79 Å². The molecular formula is C10H12Br2ClNOS. The predicted molar refractivity (Wildman–Crippen MR) is 76.5 cm³/mol. The second kappa shape index (κ2) is 6.38. The van der Waals surface area contributed by atoms with E-state index >= 15 is 0 Å². The van der Waals surface area contributed by atoms with Gasteiger partial charge in [-0.1, -0.05) is 13.8 Å². The van der Waals surface area contributed by atoms with E-state index in [1.165, 1.54) is 11.3 Å². The van der Waals surface area contributed by atoms with E-state index < -0.39 is 0 Å². The molecule has 90 valence electrons. The Balaban J connectivity index is 2.71. The summed E-state index contributed by atoms with van der Waals surface area (Å²) in [7, 11) is 0. The summed E-state index contributed by atoms with van der Waals surface area (Å²) in [5.74, 6) is 0.681. The summed E-state index contributed by atoms with van der Waals surface area (Å²) >= 11 is 13.9. The van der Waals surface area contributed by atoms with Gasteiger partial charge in [0.25, 0.3) is 5.91 Å². The first-order chi connectivity index (χ1) is 7.45. The molecule has 1 aromatic rings. The van der Waals surface area contributed by atoms with Gasteiger partial charge in [0.1, 0.15) is 0 Å². The maximum atomic E-state index is 11.9. The summed E-state index contributed by atoms with van der Waals surface area (Å²) in [4.78, 5) is 12.6. The first-order valence-electron chi connectivity index (χ1n) is 4.77. The monoisotopic (exact) mass is 387 g/mol. The lowest BCUT2D eigenvalue weighted by Gasteiger charge is -2.19. The lowest BCUT2D eigenvalue weighted by Crippen LogP contribution is -2.39. The van der Waals surface area contributed by atoms with E-state index in [1.54, 1.807) is 6.07 Å². The van der Waals surface area contributed by atoms with Crippen molar-refractivity contribution in [2.75, 3.05) is 5.88 Å². The van der Waals surface area contributed by atoms with E-state index in [1.807, 2.05) is 13.8 Å². The van der Waals surface area contributed by atoms with Crippen LogP contribution in [0.2, 0.25) is 0 Å². The third-order valence-electron chi connectivity index (χ3n) is 2.16. The third kappa shape index (κ3) is 3.72. The van der Waals surface area contributed by atoms with Crippen LogP contribution in [0.1, 0.15) is 23.5 Å². The van der Waals surface area contributed by atoms with Crippen LogP contribution in [-0.4, -0.2) is 17.8 Å². The molecule has 0 fully saturated rings. The number of thiophene rings is 1. The number of carbonyl (C=O) groups excluding carboxylic acids is 1. The van der Waals surface area contributed by atoms with E-state index in [9.17, 15) is 4.79 Å². The van der Waals surface area contributed by atoms with Crippen LogP contribution in [0, 0.1) is 5.92 Å². The van der Waals surface area contributed by atoms with Gasteiger partial charge in [0.2, 0.25) is 0 Å².